The van der Waals surface area contributed by atoms with Gasteiger partial charge in [0.25, 0.3) is 0 Å². The largest absolute Gasteiger partial charge is 0.492 e. The summed E-state index contributed by atoms with van der Waals surface area (Å²) >= 11 is 7.26. The van der Waals surface area contributed by atoms with E-state index in [2.05, 4.69) is 49.3 Å². The van der Waals surface area contributed by atoms with Gasteiger partial charge in [-0.15, -0.1) is 0 Å². The molecule has 4 aliphatic carbocycles. The predicted octanol–water partition coefficient (Wildman–Crippen LogP) is 5.52. The number of hydrogen-bond acceptors (Lipinski definition) is 2. The van der Waals surface area contributed by atoms with Gasteiger partial charge in [-0.3, -0.25) is 0 Å². The second-order valence-electron chi connectivity index (χ2n) is 7.65. The summed E-state index contributed by atoms with van der Waals surface area (Å²) in [4.78, 5) is 0. The van der Waals surface area contributed by atoms with Gasteiger partial charge in [0.05, 0.1) is 11.1 Å². The van der Waals surface area contributed by atoms with E-state index in [1.54, 1.807) is 0 Å². The van der Waals surface area contributed by atoms with Crippen LogP contribution in [-0.2, 0) is 6.54 Å². The molecular formula is C19H25Br2NO. The van der Waals surface area contributed by atoms with Gasteiger partial charge in [-0.25, -0.2) is 0 Å². The average molecular weight is 443 g/mol. The lowest BCUT2D eigenvalue weighted by Gasteiger charge is -2.54. The van der Waals surface area contributed by atoms with Crippen LogP contribution in [0.3, 0.4) is 0 Å². The van der Waals surface area contributed by atoms with Crippen molar-refractivity contribution in [2.45, 2.75) is 51.6 Å². The first-order valence-corrected chi connectivity index (χ1v) is 10.6. The quantitative estimate of drug-likeness (QED) is 0.647. The zero-order valence-electron chi connectivity index (χ0n) is 13.7. The lowest BCUT2D eigenvalue weighted by Crippen LogP contribution is -2.54. The molecule has 23 heavy (non-hydrogen) atoms. The first-order chi connectivity index (χ1) is 11.1. The zero-order valence-corrected chi connectivity index (χ0v) is 16.8. The maximum absolute atomic E-state index is 5.87. The van der Waals surface area contributed by atoms with Gasteiger partial charge in [0.15, 0.2) is 0 Å². The fourth-order valence-electron chi connectivity index (χ4n) is 5.54. The van der Waals surface area contributed by atoms with Gasteiger partial charge in [0.2, 0.25) is 0 Å². The molecule has 1 aromatic rings. The maximum Gasteiger partial charge on any atom is 0.138 e. The van der Waals surface area contributed by atoms with E-state index in [-0.39, 0.29) is 0 Å². The van der Waals surface area contributed by atoms with E-state index < -0.39 is 0 Å². The van der Waals surface area contributed by atoms with Crippen LogP contribution in [0.4, 0.5) is 0 Å². The summed E-state index contributed by atoms with van der Waals surface area (Å²) in [5, 5.41) is 3.91. The lowest BCUT2D eigenvalue weighted by atomic mass is 9.54. The summed E-state index contributed by atoms with van der Waals surface area (Å²) in [6.07, 6.45) is 7.37. The van der Waals surface area contributed by atoms with Gasteiger partial charge in [0.1, 0.15) is 5.75 Å². The Morgan fingerprint density at radius 3 is 2.30 bits per heavy atom. The monoisotopic (exact) mass is 441 g/mol. The minimum absolute atomic E-state index is 0.700. The van der Waals surface area contributed by atoms with Crippen molar-refractivity contribution in [1.82, 2.24) is 5.32 Å². The molecule has 0 radical (unpaired) electrons. The van der Waals surface area contributed by atoms with E-state index in [1.165, 1.54) is 37.7 Å². The van der Waals surface area contributed by atoms with Crippen LogP contribution in [0, 0.1) is 23.7 Å². The summed E-state index contributed by atoms with van der Waals surface area (Å²) in [7, 11) is 0. The topological polar surface area (TPSA) is 21.3 Å². The number of benzene rings is 1. The molecule has 5 rings (SSSR count). The fraction of sp³-hybridized carbons (Fsp3) is 0.684. The molecule has 126 valence electrons. The molecule has 0 aliphatic heterocycles. The van der Waals surface area contributed by atoms with Crippen LogP contribution in [0.5, 0.6) is 5.75 Å². The Morgan fingerprint density at radius 2 is 1.70 bits per heavy atom. The minimum Gasteiger partial charge on any atom is -0.492 e. The van der Waals surface area contributed by atoms with Crippen LogP contribution < -0.4 is 10.1 Å². The second kappa shape index (κ2) is 6.68. The highest BCUT2D eigenvalue weighted by Crippen LogP contribution is 2.53. The SMILES string of the molecule is CCOc1c(Br)cc(Br)cc1CNC1C2CC3CC(C2)CC1C3. The second-order valence-corrected chi connectivity index (χ2v) is 9.42. The smallest absolute Gasteiger partial charge is 0.138 e. The highest BCUT2D eigenvalue weighted by Gasteiger charge is 2.47. The van der Waals surface area contributed by atoms with Crippen LogP contribution >= 0.6 is 31.9 Å². The van der Waals surface area contributed by atoms with E-state index in [4.69, 9.17) is 4.74 Å². The van der Waals surface area contributed by atoms with Crippen molar-refractivity contribution in [3.63, 3.8) is 0 Å². The Labute approximate surface area is 156 Å². The summed E-state index contributed by atoms with van der Waals surface area (Å²) in [6, 6.07) is 4.98. The van der Waals surface area contributed by atoms with E-state index in [1.807, 2.05) is 6.92 Å². The van der Waals surface area contributed by atoms with Crippen molar-refractivity contribution < 1.29 is 4.74 Å². The summed E-state index contributed by atoms with van der Waals surface area (Å²) in [5.74, 6) is 4.89. The fourth-order valence-corrected chi connectivity index (χ4v) is 6.97. The summed E-state index contributed by atoms with van der Waals surface area (Å²) in [6.45, 7) is 3.65. The Balaban J connectivity index is 1.49. The van der Waals surface area contributed by atoms with Crippen LogP contribution in [0.2, 0.25) is 0 Å². The van der Waals surface area contributed by atoms with Crippen molar-refractivity contribution >= 4 is 31.9 Å². The molecule has 4 heteroatoms. The van der Waals surface area contributed by atoms with E-state index in [0.29, 0.717) is 6.61 Å². The van der Waals surface area contributed by atoms with Crippen LogP contribution in [-0.4, -0.2) is 12.6 Å². The minimum atomic E-state index is 0.700. The molecule has 2 nitrogen and oxygen atoms in total. The summed E-state index contributed by atoms with van der Waals surface area (Å²) < 4.78 is 8.02. The predicted molar refractivity (Wildman–Crippen MR) is 101 cm³/mol. The molecule has 0 heterocycles. The summed E-state index contributed by atoms with van der Waals surface area (Å²) in [5.41, 5.74) is 1.25. The number of nitrogens with one attached hydrogen (secondary N) is 1. The zero-order chi connectivity index (χ0) is 16.0. The normalized spacial score (nSPS) is 34.8. The Morgan fingerprint density at radius 1 is 1.04 bits per heavy atom. The molecule has 4 aliphatic rings. The van der Waals surface area contributed by atoms with Gasteiger partial charge >= 0.3 is 0 Å². The molecule has 4 bridgehead atoms. The molecule has 0 atom stereocenters. The molecule has 0 amide bonds. The Hall–Kier alpha value is -0.0600. The van der Waals surface area contributed by atoms with E-state index in [0.717, 1.165) is 51.0 Å². The lowest BCUT2D eigenvalue weighted by molar-refractivity contribution is -0.0143. The molecule has 0 unspecified atom stereocenters. The Bertz CT molecular complexity index is 561. The van der Waals surface area contributed by atoms with Gasteiger partial charge in [-0.05, 0) is 90.8 Å². The molecule has 1 aromatic carbocycles. The molecule has 0 aromatic heterocycles. The third kappa shape index (κ3) is 3.23. The van der Waals surface area contributed by atoms with Gasteiger partial charge in [-0.2, -0.15) is 0 Å². The van der Waals surface area contributed by atoms with E-state index in [9.17, 15) is 0 Å². The number of rotatable bonds is 5. The van der Waals surface area contributed by atoms with Crippen LogP contribution in [0.1, 0.15) is 44.6 Å². The highest BCUT2D eigenvalue weighted by atomic mass is 79.9. The van der Waals surface area contributed by atoms with Crippen molar-refractivity contribution in [3.05, 3.63) is 26.6 Å². The van der Waals surface area contributed by atoms with E-state index >= 15 is 0 Å². The van der Waals surface area contributed by atoms with Gasteiger partial charge in [0, 0.05) is 22.6 Å². The third-order valence-corrected chi connectivity index (χ3v) is 7.18. The number of hydrogen-bond donors (Lipinski definition) is 1. The molecule has 1 N–H and O–H groups in total. The average Bonchev–Trinajstić information content (AvgIpc) is 2.49. The van der Waals surface area contributed by atoms with Crippen molar-refractivity contribution in [3.8, 4) is 5.75 Å². The van der Waals surface area contributed by atoms with Crippen LogP contribution in [0.15, 0.2) is 21.1 Å². The molecule has 0 spiro atoms. The van der Waals surface area contributed by atoms with Gasteiger partial charge in [-0.1, -0.05) is 15.9 Å². The highest BCUT2D eigenvalue weighted by molar-refractivity contribution is 9.11. The molecular weight excluding hydrogens is 418 g/mol. The van der Waals surface area contributed by atoms with Crippen molar-refractivity contribution in [2.75, 3.05) is 6.61 Å². The molecule has 4 fully saturated rings. The first-order valence-electron chi connectivity index (χ1n) is 8.98. The molecule has 0 saturated heterocycles. The number of ether oxygens (including phenoxy) is 1. The Kier molecular flexibility index (Phi) is 4.77. The maximum atomic E-state index is 5.87. The standard InChI is InChI=1S/C19H25Br2NO/c1-2-23-19-15(8-16(20)9-17(19)21)10-22-18-13-4-11-3-12(6-13)7-14(18)5-11/h8-9,11-14,18,22H,2-7,10H2,1H3. The van der Waals surface area contributed by atoms with Gasteiger partial charge < -0.3 is 10.1 Å². The van der Waals surface area contributed by atoms with Crippen LogP contribution in [0.25, 0.3) is 0 Å². The van der Waals surface area contributed by atoms with Crippen molar-refractivity contribution in [2.24, 2.45) is 23.7 Å². The van der Waals surface area contributed by atoms with Crippen molar-refractivity contribution in [1.29, 1.82) is 0 Å². The third-order valence-electron chi connectivity index (χ3n) is 6.13. The molecule has 4 saturated carbocycles. The number of halogens is 2. The first kappa shape index (κ1) is 16.4.